The van der Waals surface area contributed by atoms with E-state index in [1.165, 1.54) is 32.1 Å². The molecule has 4 atom stereocenters. The van der Waals surface area contributed by atoms with Crippen molar-refractivity contribution in [1.82, 2.24) is 19.8 Å². The first-order valence-electron chi connectivity index (χ1n) is 9.99. The molecule has 11 nitrogen and oxygen atoms in total. The molecule has 4 rings (SSSR count). The van der Waals surface area contributed by atoms with Crippen molar-refractivity contribution in [2.45, 2.75) is 49.7 Å². The predicted molar refractivity (Wildman–Crippen MR) is 121 cm³/mol. The van der Waals surface area contributed by atoms with E-state index in [9.17, 15) is 14.4 Å². The lowest BCUT2D eigenvalue weighted by atomic mass is 10.1. The van der Waals surface area contributed by atoms with E-state index in [-0.39, 0.29) is 6.61 Å². The van der Waals surface area contributed by atoms with Gasteiger partial charge in [-0.1, -0.05) is 35.1 Å². The number of carbonyl (C=O) groups is 3. The van der Waals surface area contributed by atoms with E-state index in [0.717, 1.165) is 17.3 Å². The van der Waals surface area contributed by atoms with E-state index in [2.05, 4.69) is 15.3 Å². The second kappa shape index (κ2) is 10.3. The second-order valence-corrected chi connectivity index (χ2v) is 9.66. The van der Waals surface area contributed by atoms with Crippen molar-refractivity contribution in [3.63, 3.8) is 0 Å². The summed E-state index contributed by atoms with van der Waals surface area (Å²) in [5.41, 5.74) is 0.0230. The minimum atomic E-state index is -1.08. The molecular weight excluding hydrogens is 508 g/mol. The Bertz CT molecular complexity index is 1220. The van der Waals surface area contributed by atoms with Gasteiger partial charge < -0.3 is 18.9 Å². The molecule has 180 valence electrons. The number of esters is 3. The molecule has 0 aliphatic carbocycles. The molecule has 1 aliphatic rings. The summed E-state index contributed by atoms with van der Waals surface area (Å²) in [5, 5.41) is 14.6. The van der Waals surface area contributed by atoms with Crippen molar-refractivity contribution in [2.24, 2.45) is 0 Å². The Morgan fingerprint density at radius 2 is 1.68 bits per heavy atom. The van der Waals surface area contributed by atoms with Crippen LogP contribution in [0.3, 0.4) is 0 Å². The summed E-state index contributed by atoms with van der Waals surface area (Å²) in [6.07, 6.45) is -3.09. The number of aromatic nitrogens is 4. The van der Waals surface area contributed by atoms with Gasteiger partial charge in [-0.25, -0.2) is 0 Å². The van der Waals surface area contributed by atoms with Crippen LogP contribution in [0.15, 0.2) is 29.4 Å². The van der Waals surface area contributed by atoms with Crippen LogP contribution in [0.5, 0.6) is 0 Å². The molecule has 0 bridgehead atoms. The Balaban J connectivity index is 1.62. The van der Waals surface area contributed by atoms with Crippen molar-refractivity contribution in [1.29, 1.82) is 0 Å². The molecule has 0 radical (unpaired) electrons. The zero-order valence-electron chi connectivity index (χ0n) is 18.2. The van der Waals surface area contributed by atoms with Gasteiger partial charge in [-0.3, -0.25) is 14.4 Å². The standard InChI is InChI=1S/C20H19ClN4O7S2/c1-9(26)30-14-8-29-18(16(32-11(3)28)15(14)31-10(2)27)34-20-23-22-19-25(20)24-17(33-19)12-4-6-13(21)7-5-12/h4-7,14-16,18H,8H2,1-3H3/t14-,15-,16+,18?/m0/s1. The summed E-state index contributed by atoms with van der Waals surface area (Å²) >= 11 is 8.39. The SMILES string of the molecule is CC(=O)O[C@H]1[C@@H](OC(C)=O)COC(Sc2nnc3sc(-c4ccc(Cl)cc4)nn23)[C@@H]1OC(C)=O. The number of nitrogens with zero attached hydrogens (tertiary/aromatic N) is 4. The highest BCUT2D eigenvalue weighted by molar-refractivity contribution is 7.99. The maximum atomic E-state index is 11.8. The molecule has 1 aliphatic heterocycles. The third-order valence-corrected chi connectivity index (χ3v) is 6.88. The van der Waals surface area contributed by atoms with Crippen molar-refractivity contribution in [3.8, 4) is 10.6 Å². The van der Waals surface area contributed by atoms with Crippen molar-refractivity contribution in [2.75, 3.05) is 6.61 Å². The van der Waals surface area contributed by atoms with Crippen LogP contribution in [-0.4, -0.2) is 68.1 Å². The third-order valence-electron chi connectivity index (χ3n) is 4.58. The molecule has 3 aromatic rings. The summed E-state index contributed by atoms with van der Waals surface area (Å²) in [4.78, 5) is 35.6. The summed E-state index contributed by atoms with van der Waals surface area (Å²) in [6, 6.07) is 7.23. The van der Waals surface area contributed by atoms with E-state index in [0.29, 0.717) is 20.1 Å². The molecule has 0 N–H and O–H groups in total. The molecule has 0 saturated carbocycles. The normalized spacial score (nSPS) is 22.4. The van der Waals surface area contributed by atoms with Crippen LogP contribution < -0.4 is 0 Å². The zero-order valence-corrected chi connectivity index (χ0v) is 20.6. The van der Waals surface area contributed by atoms with Gasteiger partial charge in [0.1, 0.15) is 5.01 Å². The molecule has 34 heavy (non-hydrogen) atoms. The number of hydrogen-bond donors (Lipinski definition) is 0. The molecule has 2 aromatic heterocycles. The summed E-state index contributed by atoms with van der Waals surface area (Å²) < 4.78 is 23.4. The lowest BCUT2D eigenvalue weighted by Crippen LogP contribution is -2.56. The number of benzene rings is 1. The highest BCUT2D eigenvalue weighted by Crippen LogP contribution is 2.35. The monoisotopic (exact) mass is 526 g/mol. The van der Waals surface area contributed by atoms with Crippen LogP contribution >= 0.6 is 34.7 Å². The molecule has 1 aromatic carbocycles. The molecule has 14 heteroatoms. The van der Waals surface area contributed by atoms with Crippen molar-refractivity contribution in [3.05, 3.63) is 29.3 Å². The fourth-order valence-electron chi connectivity index (χ4n) is 3.30. The molecule has 3 heterocycles. The first kappa shape index (κ1) is 24.4. The minimum absolute atomic E-state index is 0.0814. The Hall–Kier alpha value is -2.74. The minimum Gasteiger partial charge on any atom is -0.456 e. The lowest BCUT2D eigenvalue weighted by molar-refractivity contribution is -0.213. The fourth-order valence-corrected chi connectivity index (χ4v) is 5.34. The number of hydrogen-bond acceptors (Lipinski definition) is 12. The van der Waals surface area contributed by atoms with Gasteiger partial charge in [-0.15, -0.1) is 10.2 Å². The van der Waals surface area contributed by atoms with Gasteiger partial charge in [0.2, 0.25) is 10.1 Å². The van der Waals surface area contributed by atoms with Gasteiger partial charge in [0.05, 0.1) is 6.61 Å². The number of fused-ring (bicyclic) bond motifs is 1. The number of halogens is 1. The number of rotatable bonds is 6. The number of ether oxygens (including phenoxy) is 4. The molecule has 1 saturated heterocycles. The van der Waals surface area contributed by atoms with Gasteiger partial charge in [0.25, 0.3) is 0 Å². The van der Waals surface area contributed by atoms with E-state index >= 15 is 0 Å². The molecule has 1 fully saturated rings. The molecular formula is C20H19ClN4O7S2. The molecule has 0 amide bonds. The predicted octanol–water partition coefficient (Wildman–Crippen LogP) is 2.75. The third kappa shape index (κ3) is 5.49. The highest BCUT2D eigenvalue weighted by atomic mass is 35.5. The molecule has 1 unspecified atom stereocenters. The van der Waals surface area contributed by atoms with Crippen LogP contribution in [0, 0.1) is 0 Å². The Kier molecular flexibility index (Phi) is 7.36. The Morgan fingerprint density at radius 3 is 2.32 bits per heavy atom. The van der Waals surface area contributed by atoms with Crippen LogP contribution in [0.25, 0.3) is 15.5 Å². The maximum absolute atomic E-state index is 11.8. The number of carbonyl (C=O) groups excluding carboxylic acids is 3. The summed E-state index contributed by atoms with van der Waals surface area (Å²) in [5.74, 6) is -1.83. The van der Waals surface area contributed by atoms with E-state index in [1.807, 2.05) is 12.1 Å². The van der Waals surface area contributed by atoms with E-state index in [1.54, 1.807) is 16.6 Å². The number of thioether (sulfide) groups is 1. The second-order valence-electron chi connectivity index (χ2n) is 7.21. The highest BCUT2D eigenvalue weighted by Gasteiger charge is 2.47. The van der Waals surface area contributed by atoms with E-state index < -0.39 is 41.7 Å². The van der Waals surface area contributed by atoms with Gasteiger partial charge in [-0.05, 0) is 23.9 Å². The average molecular weight is 527 g/mol. The fraction of sp³-hybridized carbons (Fsp3) is 0.400. The topological polar surface area (TPSA) is 131 Å². The Labute approximate surface area is 206 Å². The van der Waals surface area contributed by atoms with Gasteiger partial charge in [0.15, 0.2) is 23.7 Å². The maximum Gasteiger partial charge on any atom is 0.303 e. The van der Waals surface area contributed by atoms with Gasteiger partial charge >= 0.3 is 17.9 Å². The average Bonchev–Trinajstić information content (AvgIpc) is 3.33. The quantitative estimate of drug-likeness (QED) is 0.347. The summed E-state index contributed by atoms with van der Waals surface area (Å²) in [6.45, 7) is 3.57. The van der Waals surface area contributed by atoms with E-state index in [4.69, 9.17) is 30.5 Å². The smallest absolute Gasteiger partial charge is 0.303 e. The largest absolute Gasteiger partial charge is 0.456 e. The first-order chi connectivity index (χ1) is 16.2. The Morgan fingerprint density at radius 1 is 1.03 bits per heavy atom. The zero-order chi connectivity index (χ0) is 24.4. The lowest BCUT2D eigenvalue weighted by Gasteiger charge is -2.39. The van der Waals surface area contributed by atoms with Crippen LogP contribution in [0.4, 0.5) is 0 Å². The first-order valence-corrected chi connectivity index (χ1v) is 12.1. The summed E-state index contributed by atoms with van der Waals surface area (Å²) in [7, 11) is 0. The van der Waals surface area contributed by atoms with Crippen LogP contribution in [-0.2, 0) is 33.3 Å². The van der Waals surface area contributed by atoms with Gasteiger partial charge in [0, 0.05) is 31.4 Å². The molecule has 0 spiro atoms. The van der Waals surface area contributed by atoms with Crippen LogP contribution in [0.2, 0.25) is 5.02 Å². The van der Waals surface area contributed by atoms with Crippen molar-refractivity contribution < 1.29 is 33.3 Å². The van der Waals surface area contributed by atoms with Crippen LogP contribution in [0.1, 0.15) is 20.8 Å². The van der Waals surface area contributed by atoms with Crippen molar-refractivity contribution >= 4 is 57.6 Å². The van der Waals surface area contributed by atoms with Gasteiger partial charge in [-0.2, -0.15) is 9.61 Å².